The summed E-state index contributed by atoms with van der Waals surface area (Å²) in [6.45, 7) is 4.84. The lowest BCUT2D eigenvalue weighted by atomic mass is 9.60. The number of hydrogen-bond donors (Lipinski definition) is 5. The molecule has 1 aliphatic carbocycles. The summed E-state index contributed by atoms with van der Waals surface area (Å²) in [5, 5.41) is 11.4. The van der Waals surface area contributed by atoms with E-state index in [9.17, 15) is 19.2 Å². The summed E-state index contributed by atoms with van der Waals surface area (Å²) in [6.07, 6.45) is 5.11. The van der Waals surface area contributed by atoms with E-state index >= 15 is 0 Å². The third-order valence-electron chi connectivity index (χ3n) is 11.0. The number of nitrogens with one attached hydrogen (secondary N) is 3. The molecule has 3 aliphatic rings. The number of carbonyl (C=O) groups is 3. The summed E-state index contributed by atoms with van der Waals surface area (Å²) in [4.78, 5) is 56.8. The summed E-state index contributed by atoms with van der Waals surface area (Å²) < 4.78 is 4.05. The smallest absolute Gasteiger partial charge is 0.329 e. The van der Waals surface area contributed by atoms with Gasteiger partial charge >= 0.3 is 5.69 Å². The van der Waals surface area contributed by atoms with Gasteiger partial charge in [-0.15, -0.1) is 11.3 Å². The van der Waals surface area contributed by atoms with Crippen molar-refractivity contribution in [2.45, 2.75) is 63.6 Å². The molecule has 3 fully saturated rings. The predicted molar refractivity (Wildman–Crippen MR) is 197 cm³/mol. The average Bonchev–Trinajstić information content (AvgIpc) is 3.56. The zero-order chi connectivity index (χ0) is 34.9. The van der Waals surface area contributed by atoms with E-state index in [0.29, 0.717) is 34.0 Å². The highest BCUT2D eigenvalue weighted by Crippen LogP contribution is 2.50. The molecule has 5 aromatic rings. The predicted octanol–water partition coefficient (Wildman–Crippen LogP) is 3.60. The standard InChI is InChI=1S/C36H41N9O4S/c1-19(18-39-28-9-4-22-23(41-28)5-8-27-30(22)31(37)32(50-27)33(38)47)40-20-16-36(17-20)11-13-44(14-12-36)21-3-6-24-26(15-21)43(2)35(49)45(24)25-7-10-29(46)42-34(25)48/h3-6,8-9,15,19-20,25,40H,7,10-14,16-18,37H2,1-2H3,(H2,38,47)(H,39,41)(H,42,46,48)/t19-,25?/m1/s1. The van der Waals surface area contributed by atoms with Crippen molar-refractivity contribution in [1.82, 2.24) is 24.8 Å². The van der Waals surface area contributed by atoms with Crippen LogP contribution < -0.4 is 38.0 Å². The van der Waals surface area contributed by atoms with Gasteiger partial charge in [0.15, 0.2) is 0 Å². The summed E-state index contributed by atoms with van der Waals surface area (Å²) in [7, 11) is 1.74. The fraction of sp³-hybridized carbons (Fsp3) is 0.417. The third-order valence-corrected chi connectivity index (χ3v) is 12.2. The van der Waals surface area contributed by atoms with Crippen LogP contribution in [0.25, 0.3) is 32.0 Å². The number of carbonyl (C=O) groups excluding carboxylic acids is 3. The number of imidazole rings is 1. The molecule has 260 valence electrons. The van der Waals surface area contributed by atoms with E-state index in [0.717, 1.165) is 83.3 Å². The Kier molecular flexibility index (Phi) is 7.83. The zero-order valence-electron chi connectivity index (χ0n) is 28.1. The third kappa shape index (κ3) is 5.46. The highest BCUT2D eigenvalue weighted by molar-refractivity contribution is 7.21. The van der Waals surface area contributed by atoms with Gasteiger partial charge < -0.3 is 27.0 Å². The molecule has 7 N–H and O–H groups in total. The van der Waals surface area contributed by atoms with E-state index in [4.69, 9.17) is 16.5 Å². The molecule has 50 heavy (non-hydrogen) atoms. The number of amides is 3. The number of nitrogen functional groups attached to an aromatic ring is 1. The molecule has 2 aliphatic heterocycles. The van der Waals surface area contributed by atoms with Crippen LogP contribution in [0, 0.1) is 5.41 Å². The number of thiophene rings is 1. The maximum absolute atomic E-state index is 13.2. The molecule has 2 atom stereocenters. The van der Waals surface area contributed by atoms with E-state index in [-0.39, 0.29) is 24.1 Å². The Morgan fingerprint density at radius 1 is 1.10 bits per heavy atom. The van der Waals surface area contributed by atoms with Gasteiger partial charge in [-0.2, -0.15) is 0 Å². The van der Waals surface area contributed by atoms with Crippen molar-refractivity contribution in [2.75, 3.05) is 35.6 Å². The van der Waals surface area contributed by atoms with Gasteiger partial charge in [0, 0.05) is 66.3 Å². The minimum absolute atomic E-state index is 0.223. The number of primary amides is 1. The maximum Gasteiger partial charge on any atom is 0.329 e. The number of nitrogens with two attached hydrogens (primary N) is 2. The molecule has 5 heterocycles. The Hall–Kier alpha value is -4.95. The molecule has 3 aromatic heterocycles. The van der Waals surface area contributed by atoms with Crippen LogP contribution in [0.15, 0.2) is 47.3 Å². The van der Waals surface area contributed by atoms with Crippen LogP contribution in [0.1, 0.15) is 61.2 Å². The lowest BCUT2D eigenvalue weighted by Crippen LogP contribution is -2.56. The van der Waals surface area contributed by atoms with Gasteiger partial charge in [0.1, 0.15) is 16.7 Å². The van der Waals surface area contributed by atoms with Crippen LogP contribution in [-0.4, -0.2) is 63.6 Å². The van der Waals surface area contributed by atoms with Gasteiger partial charge in [-0.05, 0) is 86.9 Å². The second kappa shape index (κ2) is 12.1. The number of pyridine rings is 1. The zero-order valence-corrected chi connectivity index (χ0v) is 28.9. The number of fused-ring (bicyclic) bond motifs is 4. The van der Waals surface area contributed by atoms with Crippen LogP contribution >= 0.6 is 11.3 Å². The van der Waals surface area contributed by atoms with E-state index in [1.54, 1.807) is 11.6 Å². The normalized spacial score (nSPS) is 20.0. The number of hydrogen-bond acceptors (Lipinski definition) is 10. The molecule has 1 spiro atoms. The first-order valence-electron chi connectivity index (χ1n) is 17.2. The Balaban J connectivity index is 0.849. The Bertz CT molecular complexity index is 2260. The average molecular weight is 696 g/mol. The number of imide groups is 1. The topological polar surface area (TPSA) is 182 Å². The summed E-state index contributed by atoms with van der Waals surface area (Å²) in [5.41, 5.74) is 15.7. The van der Waals surface area contributed by atoms with Gasteiger partial charge in [0.25, 0.3) is 5.91 Å². The summed E-state index contributed by atoms with van der Waals surface area (Å²) >= 11 is 1.31. The van der Waals surface area contributed by atoms with Crippen molar-refractivity contribution in [3.63, 3.8) is 0 Å². The number of anilines is 3. The van der Waals surface area contributed by atoms with Crippen LogP contribution in [-0.2, 0) is 16.6 Å². The van der Waals surface area contributed by atoms with Crippen LogP contribution in [0.2, 0.25) is 0 Å². The molecule has 2 aromatic carbocycles. The van der Waals surface area contributed by atoms with Crippen molar-refractivity contribution in [3.05, 3.63) is 57.8 Å². The molecular formula is C36H41N9O4S. The second-order valence-corrected chi connectivity index (χ2v) is 15.4. The molecule has 8 rings (SSSR count). The highest BCUT2D eigenvalue weighted by Gasteiger charge is 2.46. The SMILES string of the molecule is C[C@H](CNc1ccc2c(ccc3sc(C(N)=O)c(N)c32)n1)NC1CC2(CCN(c3ccc4c(c3)n(C)c(=O)n4C3CCC(=O)NC3=O)CC2)C1. The highest BCUT2D eigenvalue weighted by atomic mass is 32.1. The summed E-state index contributed by atoms with van der Waals surface area (Å²) in [5.74, 6) is -0.441. The van der Waals surface area contributed by atoms with E-state index in [2.05, 4.69) is 33.8 Å². The quantitative estimate of drug-likeness (QED) is 0.152. The number of aryl methyl sites for hydroxylation is 1. The lowest BCUT2D eigenvalue weighted by molar-refractivity contribution is -0.135. The van der Waals surface area contributed by atoms with Crippen molar-refractivity contribution in [1.29, 1.82) is 0 Å². The maximum atomic E-state index is 13.2. The van der Waals surface area contributed by atoms with Gasteiger partial charge in [-0.1, -0.05) is 0 Å². The minimum Gasteiger partial charge on any atom is -0.397 e. The van der Waals surface area contributed by atoms with Crippen LogP contribution in [0.5, 0.6) is 0 Å². The Morgan fingerprint density at radius 2 is 1.88 bits per heavy atom. The number of aromatic nitrogens is 3. The van der Waals surface area contributed by atoms with Gasteiger partial charge in [0.2, 0.25) is 11.8 Å². The monoisotopic (exact) mass is 695 g/mol. The van der Waals surface area contributed by atoms with Crippen molar-refractivity contribution < 1.29 is 14.4 Å². The summed E-state index contributed by atoms with van der Waals surface area (Å²) in [6, 6.07) is 13.9. The fourth-order valence-corrected chi connectivity index (χ4v) is 9.35. The van der Waals surface area contributed by atoms with Gasteiger partial charge in [0.05, 0.1) is 22.2 Å². The number of benzene rings is 2. The Morgan fingerprint density at radius 3 is 2.62 bits per heavy atom. The molecule has 1 saturated carbocycles. The van der Waals surface area contributed by atoms with E-state index in [1.165, 1.54) is 15.9 Å². The van der Waals surface area contributed by atoms with E-state index < -0.39 is 17.9 Å². The lowest BCUT2D eigenvalue weighted by Gasteiger charge is -2.53. The molecule has 14 heteroatoms. The largest absolute Gasteiger partial charge is 0.397 e. The number of nitrogens with zero attached hydrogens (tertiary/aromatic N) is 4. The van der Waals surface area contributed by atoms with Gasteiger partial charge in [-0.25, -0.2) is 9.78 Å². The molecule has 2 saturated heterocycles. The van der Waals surface area contributed by atoms with Crippen LogP contribution in [0.4, 0.5) is 17.2 Å². The van der Waals surface area contributed by atoms with Crippen LogP contribution in [0.3, 0.4) is 0 Å². The molecular weight excluding hydrogens is 655 g/mol. The Labute approximate surface area is 292 Å². The molecule has 3 amide bonds. The second-order valence-electron chi connectivity index (χ2n) is 14.3. The van der Waals surface area contributed by atoms with Gasteiger partial charge in [-0.3, -0.25) is 28.8 Å². The van der Waals surface area contributed by atoms with Crippen molar-refractivity contribution in [3.8, 4) is 0 Å². The molecule has 0 bridgehead atoms. The first-order chi connectivity index (χ1) is 24.0. The minimum atomic E-state index is -0.683. The first kappa shape index (κ1) is 32.3. The number of rotatable bonds is 8. The van der Waals surface area contributed by atoms with Crippen molar-refractivity contribution in [2.24, 2.45) is 18.2 Å². The number of piperidine rings is 2. The first-order valence-corrected chi connectivity index (χ1v) is 18.0. The molecule has 13 nitrogen and oxygen atoms in total. The van der Waals surface area contributed by atoms with Crippen molar-refractivity contribution >= 4 is 78.3 Å². The molecule has 0 radical (unpaired) electrons. The van der Waals surface area contributed by atoms with E-state index in [1.807, 2.05) is 36.4 Å². The fourth-order valence-electron chi connectivity index (χ4n) is 8.36. The molecule has 1 unspecified atom stereocenters.